The number of urea groups is 1. The first-order chi connectivity index (χ1) is 11.6. The van der Waals surface area contributed by atoms with E-state index in [-0.39, 0.29) is 18.0 Å². The van der Waals surface area contributed by atoms with Crippen molar-refractivity contribution in [1.29, 1.82) is 0 Å². The first-order valence-electron chi connectivity index (χ1n) is 8.71. The highest BCUT2D eigenvalue weighted by Gasteiger charge is 2.26. The predicted molar refractivity (Wildman–Crippen MR) is 94.0 cm³/mol. The fourth-order valence-electron chi connectivity index (χ4n) is 3.51. The number of aliphatic carboxylic acids is 1. The smallest absolute Gasteiger partial charge is 0.319 e. The molecule has 2 amide bonds. The van der Waals surface area contributed by atoms with Crippen LogP contribution in [0.4, 0.5) is 10.5 Å². The number of amides is 2. The molecule has 1 saturated carbocycles. The number of nitrogens with one attached hydrogen (secondary N) is 2. The van der Waals surface area contributed by atoms with E-state index in [1.54, 1.807) is 0 Å². The van der Waals surface area contributed by atoms with Crippen LogP contribution >= 0.6 is 0 Å². The number of carboxylic acids is 1. The molecule has 0 saturated heterocycles. The highest BCUT2D eigenvalue weighted by Crippen LogP contribution is 2.25. The van der Waals surface area contributed by atoms with Gasteiger partial charge in [0.15, 0.2) is 0 Å². The number of fused-ring (bicyclic) bond motifs is 1. The Morgan fingerprint density at radius 2 is 1.92 bits per heavy atom. The van der Waals surface area contributed by atoms with Crippen molar-refractivity contribution in [2.45, 2.75) is 51.0 Å². The second-order valence-corrected chi connectivity index (χ2v) is 6.69. The summed E-state index contributed by atoms with van der Waals surface area (Å²) in [6.07, 6.45) is 10.3. The number of hydrogen-bond donors (Lipinski definition) is 3. The SMILES string of the molecule is O=C(Nc1ccc2c(c1)C=CCCC2)NC1CCC(C(=O)O)CC1. The quantitative estimate of drug-likeness (QED) is 0.789. The van der Waals surface area contributed by atoms with Gasteiger partial charge in [0.2, 0.25) is 0 Å². The number of carbonyl (C=O) groups excluding carboxylic acids is 1. The van der Waals surface area contributed by atoms with Crippen molar-refractivity contribution in [2.75, 3.05) is 5.32 Å². The van der Waals surface area contributed by atoms with Crippen molar-refractivity contribution in [3.63, 3.8) is 0 Å². The van der Waals surface area contributed by atoms with Gasteiger partial charge in [-0.05, 0) is 68.2 Å². The van der Waals surface area contributed by atoms with Crippen LogP contribution in [0.15, 0.2) is 24.3 Å². The molecule has 2 aliphatic carbocycles. The molecule has 0 heterocycles. The Morgan fingerprint density at radius 1 is 1.12 bits per heavy atom. The molecule has 3 N–H and O–H groups in total. The van der Waals surface area contributed by atoms with Gasteiger partial charge >= 0.3 is 12.0 Å². The lowest BCUT2D eigenvalue weighted by molar-refractivity contribution is -0.142. The zero-order chi connectivity index (χ0) is 16.9. The van der Waals surface area contributed by atoms with E-state index in [4.69, 9.17) is 5.11 Å². The third kappa shape index (κ3) is 4.16. The molecular weight excluding hydrogens is 304 g/mol. The summed E-state index contributed by atoms with van der Waals surface area (Å²) in [7, 11) is 0. The summed E-state index contributed by atoms with van der Waals surface area (Å²) in [5.74, 6) is -0.988. The van der Waals surface area contributed by atoms with Crippen molar-refractivity contribution in [2.24, 2.45) is 5.92 Å². The Morgan fingerprint density at radius 3 is 2.67 bits per heavy atom. The number of aryl methyl sites for hydroxylation is 1. The molecule has 0 bridgehead atoms. The molecule has 0 spiro atoms. The summed E-state index contributed by atoms with van der Waals surface area (Å²) in [5, 5.41) is 14.9. The van der Waals surface area contributed by atoms with Gasteiger partial charge in [0.25, 0.3) is 0 Å². The van der Waals surface area contributed by atoms with Crippen LogP contribution in [0.2, 0.25) is 0 Å². The van der Waals surface area contributed by atoms with E-state index in [0.29, 0.717) is 12.8 Å². The number of allylic oxidation sites excluding steroid dienone is 1. The summed E-state index contributed by atoms with van der Waals surface area (Å²) in [4.78, 5) is 23.1. The molecule has 1 fully saturated rings. The van der Waals surface area contributed by atoms with Gasteiger partial charge in [-0.3, -0.25) is 4.79 Å². The Bertz CT molecular complexity index is 646. The third-order valence-corrected chi connectivity index (χ3v) is 4.93. The lowest BCUT2D eigenvalue weighted by Crippen LogP contribution is -2.41. The van der Waals surface area contributed by atoms with E-state index < -0.39 is 5.97 Å². The van der Waals surface area contributed by atoms with Gasteiger partial charge in [0.05, 0.1) is 5.92 Å². The molecule has 3 rings (SSSR count). The zero-order valence-corrected chi connectivity index (χ0v) is 13.8. The predicted octanol–water partition coefficient (Wildman–Crippen LogP) is 3.80. The van der Waals surface area contributed by atoms with Gasteiger partial charge in [-0.2, -0.15) is 0 Å². The number of benzene rings is 1. The summed E-state index contributed by atoms with van der Waals surface area (Å²) in [6.45, 7) is 0. The number of rotatable bonds is 3. The van der Waals surface area contributed by atoms with Crippen LogP contribution in [-0.4, -0.2) is 23.1 Å². The summed E-state index contributed by atoms with van der Waals surface area (Å²) in [6, 6.07) is 5.88. The van der Waals surface area contributed by atoms with E-state index in [1.807, 2.05) is 12.1 Å². The fourth-order valence-corrected chi connectivity index (χ4v) is 3.51. The van der Waals surface area contributed by atoms with Crippen LogP contribution < -0.4 is 10.6 Å². The summed E-state index contributed by atoms with van der Waals surface area (Å²) < 4.78 is 0. The van der Waals surface area contributed by atoms with Crippen molar-refractivity contribution in [1.82, 2.24) is 5.32 Å². The maximum Gasteiger partial charge on any atom is 0.319 e. The molecule has 0 aromatic heterocycles. The third-order valence-electron chi connectivity index (χ3n) is 4.93. The monoisotopic (exact) mass is 328 g/mol. The summed E-state index contributed by atoms with van der Waals surface area (Å²) in [5.41, 5.74) is 3.28. The van der Waals surface area contributed by atoms with Crippen LogP contribution in [0.5, 0.6) is 0 Å². The van der Waals surface area contributed by atoms with Crippen molar-refractivity contribution >= 4 is 23.8 Å². The molecular formula is C19H24N2O3. The first-order valence-corrected chi connectivity index (χ1v) is 8.71. The Balaban J connectivity index is 1.54. The largest absolute Gasteiger partial charge is 0.481 e. The molecule has 1 aromatic carbocycles. The fraction of sp³-hybridized carbons (Fsp3) is 0.474. The molecule has 128 valence electrons. The van der Waals surface area contributed by atoms with E-state index in [9.17, 15) is 9.59 Å². The number of hydrogen-bond acceptors (Lipinski definition) is 2. The van der Waals surface area contributed by atoms with Gasteiger partial charge in [-0.15, -0.1) is 0 Å². The molecule has 0 radical (unpaired) electrons. The minimum atomic E-state index is -0.726. The normalized spacial score (nSPS) is 23.0. The second-order valence-electron chi connectivity index (χ2n) is 6.69. The maximum absolute atomic E-state index is 12.2. The average molecular weight is 328 g/mol. The average Bonchev–Trinajstić information content (AvgIpc) is 2.80. The molecule has 5 heteroatoms. The van der Waals surface area contributed by atoms with E-state index in [2.05, 4.69) is 28.9 Å². The zero-order valence-electron chi connectivity index (χ0n) is 13.8. The highest BCUT2D eigenvalue weighted by atomic mass is 16.4. The number of carbonyl (C=O) groups is 2. The van der Waals surface area contributed by atoms with Gasteiger partial charge in [-0.1, -0.05) is 18.2 Å². The standard InChI is InChI=1S/C19H24N2O3/c22-18(23)14-7-9-16(10-8-14)20-19(24)21-17-11-6-13-4-2-1-3-5-15(13)12-17/h3,5-6,11-12,14,16H,1-2,4,7-10H2,(H,22,23)(H2,20,21,24). The number of anilines is 1. The van der Waals surface area contributed by atoms with Crippen molar-refractivity contribution in [3.8, 4) is 0 Å². The van der Waals surface area contributed by atoms with Crippen LogP contribution in [-0.2, 0) is 11.2 Å². The van der Waals surface area contributed by atoms with Crippen molar-refractivity contribution in [3.05, 3.63) is 35.4 Å². The Hall–Kier alpha value is -2.30. The van der Waals surface area contributed by atoms with E-state index in [0.717, 1.165) is 37.8 Å². The first kappa shape index (κ1) is 16.6. The lowest BCUT2D eigenvalue weighted by Gasteiger charge is -2.26. The minimum Gasteiger partial charge on any atom is -0.481 e. The topological polar surface area (TPSA) is 78.4 Å². The van der Waals surface area contributed by atoms with Gasteiger partial charge in [0, 0.05) is 11.7 Å². The van der Waals surface area contributed by atoms with Gasteiger partial charge in [0.1, 0.15) is 0 Å². The molecule has 5 nitrogen and oxygen atoms in total. The highest BCUT2D eigenvalue weighted by molar-refractivity contribution is 5.90. The minimum absolute atomic E-state index is 0.0568. The number of carboxylic acid groups (broad SMARTS) is 1. The second kappa shape index (κ2) is 7.51. The molecule has 2 aliphatic rings. The molecule has 0 aliphatic heterocycles. The van der Waals surface area contributed by atoms with Gasteiger partial charge in [-0.25, -0.2) is 4.79 Å². The Labute approximate surface area is 142 Å². The van der Waals surface area contributed by atoms with Crippen LogP contribution in [0.1, 0.15) is 49.7 Å². The molecule has 24 heavy (non-hydrogen) atoms. The van der Waals surface area contributed by atoms with Crippen LogP contribution in [0, 0.1) is 5.92 Å². The Kier molecular flexibility index (Phi) is 5.18. The van der Waals surface area contributed by atoms with Crippen LogP contribution in [0.3, 0.4) is 0 Å². The van der Waals surface area contributed by atoms with E-state index >= 15 is 0 Å². The lowest BCUT2D eigenvalue weighted by atomic mass is 9.86. The summed E-state index contributed by atoms with van der Waals surface area (Å²) >= 11 is 0. The van der Waals surface area contributed by atoms with Gasteiger partial charge < -0.3 is 15.7 Å². The van der Waals surface area contributed by atoms with E-state index in [1.165, 1.54) is 11.1 Å². The molecule has 1 aromatic rings. The maximum atomic E-state index is 12.2. The molecule has 0 unspecified atom stereocenters. The van der Waals surface area contributed by atoms with Crippen LogP contribution in [0.25, 0.3) is 6.08 Å². The molecule has 0 atom stereocenters. The van der Waals surface area contributed by atoms with Crippen molar-refractivity contribution < 1.29 is 14.7 Å².